The van der Waals surface area contributed by atoms with E-state index in [-0.39, 0.29) is 0 Å². The van der Waals surface area contributed by atoms with Gasteiger partial charge in [0.25, 0.3) is 0 Å². The SMILES string of the molecule is CC1(C)CCCC(N2C[C@H]3CNC[C@H]3C2)C1. The Morgan fingerprint density at radius 1 is 1.12 bits per heavy atom. The first-order chi connectivity index (χ1) is 7.64. The minimum absolute atomic E-state index is 0.596. The smallest absolute Gasteiger partial charge is 0.0101 e. The molecule has 0 aromatic rings. The summed E-state index contributed by atoms with van der Waals surface area (Å²) in [4.78, 5) is 2.82. The van der Waals surface area contributed by atoms with Crippen molar-refractivity contribution in [1.29, 1.82) is 0 Å². The van der Waals surface area contributed by atoms with Crippen LogP contribution in [0.25, 0.3) is 0 Å². The molecular weight excluding hydrogens is 196 g/mol. The van der Waals surface area contributed by atoms with Crippen molar-refractivity contribution >= 4 is 0 Å². The molecule has 3 fully saturated rings. The van der Waals surface area contributed by atoms with Crippen molar-refractivity contribution in [3.8, 4) is 0 Å². The molecule has 2 nitrogen and oxygen atoms in total. The second-order valence-corrected chi connectivity index (χ2v) is 7.05. The van der Waals surface area contributed by atoms with E-state index in [2.05, 4.69) is 24.1 Å². The molecule has 0 aromatic heterocycles. The van der Waals surface area contributed by atoms with E-state index < -0.39 is 0 Å². The largest absolute Gasteiger partial charge is 0.316 e. The quantitative estimate of drug-likeness (QED) is 0.731. The topological polar surface area (TPSA) is 15.3 Å². The van der Waals surface area contributed by atoms with Crippen molar-refractivity contribution in [2.75, 3.05) is 26.2 Å². The Balaban J connectivity index is 1.62. The summed E-state index contributed by atoms with van der Waals surface area (Å²) in [5.41, 5.74) is 0.596. The van der Waals surface area contributed by atoms with Gasteiger partial charge in [0.05, 0.1) is 0 Å². The van der Waals surface area contributed by atoms with Crippen LogP contribution in [-0.2, 0) is 0 Å². The van der Waals surface area contributed by atoms with Crippen molar-refractivity contribution in [3.63, 3.8) is 0 Å². The van der Waals surface area contributed by atoms with Gasteiger partial charge in [0.2, 0.25) is 0 Å². The fourth-order valence-corrected chi connectivity index (χ4v) is 4.16. The third-order valence-corrected chi connectivity index (χ3v) is 5.11. The normalized spacial score (nSPS) is 43.5. The van der Waals surface area contributed by atoms with Gasteiger partial charge in [0, 0.05) is 19.1 Å². The van der Waals surface area contributed by atoms with Crippen molar-refractivity contribution in [1.82, 2.24) is 10.2 Å². The summed E-state index contributed by atoms with van der Waals surface area (Å²) in [6, 6.07) is 0.898. The fourth-order valence-electron chi connectivity index (χ4n) is 4.16. The Kier molecular flexibility index (Phi) is 2.75. The molecule has 92 valence electrons. The zero-order valence-corrected chi connectivity index (χ0v) is 10.8. The molecule has 0 spiro atoms. The average molecular weight is 222 g/mol. The molecule has 2 heterocycles. The zero-order valence-electron chi connectivity index (χ0n) is 10.8. The van der Waals surface area contributed by atoms with Crippen molar-refractivity contribution in [3.05, 3.63) is 0 Å². The summed E-state index contributed by atoms with van der Waals surface area (Å²) >= 11 is 0. The lowest BCUT2D eigenvalue weighted by atomic mass is 9.75. The van der Waals surface area contributed by atoms with Crippen molar-refractivity contribution in [2.45, 2.75) is 45.6 Å². The Hall–Kier alpha value is -0.0800. The van der Waals surface area contributed by atoms with E-state index in [1.807, 2.05) is 0 Å². The maximum absolute atomic E-state index is 3.54. The zero-order chi connectivity index (χ0) is 11.2. The number of nitrogens with one attached hydrogen (secondary N) is 1. The van der Waals surface area contributed by atoms with Gasteiger partial charge in [-0.1, -0.05) is 20.3 Å². The summed E-state index contributed by atoms with van der Waals surface area (Å²) in [6.45, 7) is 10.2. The molecule has 3 rings (SSSR count). The molecule has 1 aliphatic carbocycles. The van der Waals surface area contributed by atoms with E-state index in [4.69, 9.17) is 0 Å². The van der Waals surface area contributed by atoms with Gasteiger partial charge < -0.3 is 5.32 Å². The maximum atomic E-state index is 3.54. The van der Waals surface area contributed by atoms with E-state index in [9.17, 15) is 0 Å². The molecule has 2 aliphatic heterocycles. The van der Waals surface area contributed by atoms with E-state index in [0.29, 0.717) is 5.41 Å². The van der Waals surface area contributed by atoms with Crippen LogP contribution in [0.2, 0.25) is 0 Å². The highest BCUT2D eigenvalue weighted by molar-refractivity contribution is 4.95. The molecule has 16 heavy (non-hydrogen) atoms. The number of hydrogen-bond acceptors (Lipinski definition) is 2. The first kappa shape index (κ1) is 11.0. The van der Waals surface area contributed by atoms with Gasteiger partial charge in [-0.25, -0.2) is 0 Å². The molecule has 2 heteroatoms. The first-order valence-corrected chi connectivity index (χ1v) is 7.09. The van der Waals surface area contributed by atoms with Gasteiger partial charge in [0.15, 0.2) is 0 Å². The molecule has 3 atom stereocenters. The highest BCUT2D eigenvalue weighted by Crippen LogP contribution is 2.39. The summed E-state index contributed by atoms with van der Waals surface area (Å²) < 4.78 is 0. The molecule has 0 radical (unpaired) electrons. The van der Waals surface area contributed by atoms with Crippen LogP contribution >= 0.6 is 0 Å². The van der Waals surface area contributed by atoms with Crippen molar-refractivity contribution in [2.24, 2.45) is 17.3 Å². The second-order valence-electron chi connectivity index (χ2n) is 7.05. The van der Waals surface area contributed by atoms with Crippen LogP contribution in [0, 0.1) is 17.3 Å². The van der Waals surface area contributed by atoms with Gasteiger partial charge >= 0.3 is 0 Å². The molecule has 3 aliphatic rings. The predicted molar refractivity (Wildman–Crippen MR) is 67.5 cm³/mol. The van der Waals surface area contributed by atoms with E-state index >= 15 is 0 Å². The second kappa shape index (κ2) is 3.99. The van der Waals surface area contributed by atoms with E-state index in [1.54, 1.807) is 0 Å². The lowest BCUT2D eigenvalue weighted by Gasteiger charge is -2.40. The van der Waals surface area contributed by atoms with E-state index in [1.165, 1.54) is 51.9 Å². The molecule has 0 amide bonds. The molecule has 1 saturated carbocycles. The molecule has 1 unspecified atom stereocenters. The van der Waals surface area contributed by atoms with Crippen LogP contribution in [0.15, 0.2) is 0 Å². The lowest BCUT2D eigenvalue weighted by Crippen LogP contribution is -2.41. The van der Waals surface area contributed by atoms with Crippen LogP contribution < -0.4 is 5.32 Å². The first-order valence-electron chi connectivity index (χ1n) is 7.09. The summed E-state index contributed by atoms with van der Waals surface area (Å²) in [6.07, 6.45) is 5.77. The van der Waals surface area contributed by atoms with Gasteiger partial charge in [-0.2, -0.15) is 0 Å². The monoisotopic (exact) mass is 222 g/mol. The minimum Gasteiger partial charge on any atom is -0.316 e. The molecule has 0 aromatic carbocycles. The number of hydrogen-bond donors (Lipinski definition) is 1. The molecule has 2 saturated heterocycles. The standard InChI is InChI=1S/C14H26N2/c1-14(2)5-3-4-13(6-14)16-9-11-7-15-8-12(11)10-16/h11-13,15H,3-10H2,1-2H3/t11-,12+,13?. The summed E-state index contributed by atoms with van der Waals surface area (Å²) in [7, 11) is 0. The molecule has 1 N–H and O–H groups in total. The Labute approximate surface area is 99.8 Å². The summed E-state index contributed by atoms with van der Waals surface area (Å²) in [5.74, 6) is 1.93. The average Bonchev–Trinajstić information content (AvgIpc) is 2.74. The Morgan fingerprint density at radius 3 is 2.44 bits per heavy atom. The van der Waals surface area contributed by atoms with Gasteiger partial charge in [0.1, 0.15) is 0 Å². The van der Waals surface area contributed by atoms with Crippen LogP contribution in [0.5, 0.6) is 0 Å². The Bertz CT molecular complexity index is 249. The minimum atomic E-state index is 0.596. The highest BCUT2D eigenvalue weighted by atomic mass is 15.2. The fraction of sp³-hybridized carbons (Fsp3) is 1.00. The van der Waals surface area contributed by atoms with Gasteiger partial charge in [-0.3, -0.25) is 4.90 Å². The third kappa shape index (κ3) is 2.02. The summed E-state index contributed by atoms with van der Waals surface area (Å²) in [5, 5.41) is 3.54. The van der Waals surface area contributed by atoms with Crippen LogP contribution in [-0.4, -0.2) is 37.1 Å². The van der Waals surface area contributed by atoms with Crippen LogP contribution in [0.1, 0.15) is 39.5 Å². The number of nitrogens with zero attached hydrogens (tertiary/aromatic N) is 1. The van der Waals surface area contributed by atoms with Gasteiger partial charge in [-0.05, 0) is 49.6 Å². The van der Waals surface area contributed by atoms with Crippen LogP contribution in [0.4, 0.5) is 0 Å². The van der Waals surface area contributed by atoms with Crippen LogP contribution in [0.3, 0.4) is 0 Å². The third-order valence-electron chi connectivity index (χ3n) is 5.11. The molecular formula is C14H26N2. The van der Waals surface area contributed by atoms with E-state index in [0.717, 1.165) is 17.9 Å². The van der Waals surface area contributed by atoms with Gasteiger partial charge in [-0.15, -0.1) is 0 Å². The number of rotatable bonds is 1. The highest BCUT2D eigenvalue weighted by Gasteiger charge is 2.40. The Morgan fingerprint density at radius 2 is 1.81 bits per heavy atom. The predicted octanol–water partition coefficient (Wildman–Crippen LogP) is 2.11. The lowest BCUT2D eigenvalue weighted by molar-refractivity contribution is 0.107. The molecule has 0 bridgehead atoms. The van der Waals surface area contributed by atoms with Crippen molar-refractivity contribution < 1.29 is 0 Å². The number of fused-ring (bicyclic) bond motifs is 1. The maximum Gasteiger partial charge on any atom is 0.0101 e. The number of likely N-dealkylation sites (tertiary alicyclic amines) is 1.